The number of thioether (sulfide) groups is 1. The second-order valence-electron chi connectivity index (χ2n) is 13.9. The number of alkyl halides is 6. The lowest BCUT2D eigenvalue weighted by atomic mass is 10.1. The number of amides is 2. The number of rotatable bonds is 12. The molecule has 0 radical (unpaired) electrons. The molecule has 0 spiro atoms. The molecule has 4 aromatic carbocycles. The van der Waals surface area contributed by atoms with E-state index in [1.165, 1.54) is 82.5 Å². The first kappa shape index (κ1) is 43.5. The van der Waals surface area contributed by atoms with Gasteiger partial charge in [0.2, 0.25) is 0 Å². The fraction of sp³-hybridized carbons (Fsp3) is 0.190. The Bertz CT molecular complexity index is 2690. The van der Waals surface area contributed by atoms with E-state index in [-0.39, 0.29) is 61.0 Å². The summed E-state index contributed by atoms with van der Waals surface area (Å²) in [6.07, 6.45) is -4.15. The Hall–Kier alpha value is -6.54. The van der Waals surface area contributed by atoms with Crippen LogP contribution in [0.2, 0.25) is 0 Å². The molecule has 322 valence electrons. The van der Waals surface area contributed by atoms with Crippen molar-refractivity contribution in [3.63, 3.8) is 0 Å². The average molecular weight is 896 g/mol. The van der Waals surface area contributed by atoms with Crippen molar-refractivity contribution in [3.8, 4) is 22.6 Å². The Labute approximate surface area is 355 Å². The van der Waals surface area contributed by atoms with Crippen molar-refractivity contribution in [2.24, 2.45) is 0 Å². The number of hydrogen-bond acceptors (Lipinski definition) is 10. The summed E-state index contributed by atoms with van der Waals surface area (Å²) in [5.74, 6) is -1.39. The summed E-state index contributed by atoms with van der Waals surface area (Å²) in [6.45, 7) is 0.935. The van der Waals surface area contributed by atoms with Crippen LogP contribution in [0.4, 0.5) is 37.7 Å². The molecule has 0 saturated carbocycles. The first-order valence-corrected chi connectivity index (χ1v) is 21.2. The number of nitrogens with zero attached hydrogens (tertiary/aromatic N) is 5. The first-order chi connectivity index (χ1) is 29.4. The van der Waals surface area contributed by atoms with Gasteiger partial charge in [0.15, 0.2) is 0 Å². The normalized spacial score (nSPS) is 13.5. The quantitative estimate of drug-likeness (QED) is 0.0628. The van der Waals surface area contributed by atoms with Gasteiger partial charge in [-0.1, -0.05) is 18.2 Å². The second-order valence-corrected chi connectivity index (χ2v) is 16.8. The third-order valence-corrected chi connectivity index (χ3v) is 12.1. The van der Waals surface area contributed by atoms with Crippen LogP contribution in [-0.2, 0) is 22.4 Å². The molecule has 0 aliphatic carbocycles. The van der Waals surface area contributed by atoms with Gasteiger partial charge in [-0.05, 0) is 78.9 Å². The fourth-order valence-electron chi connectivity index (χ4n) is 6.59. The van der Waals surface area contributed by atoms with Crippen LogP contribution in [0, 0.1) is 0 Å². The molecule has 6 aromatic rings. The van der Waals surface area contributed by atoms with E-state index in [2.05, 4.69) is 15.4 Å². The molecule has 3 N–H and O–H groups in total. The molecular weight excluding hydrogens is 861 g/mol. The van der Waals surface area contributed by atoms with Gasteiger partial charge in [0, 0.05) is 89.4 Å². The number of anilines is 2. The van der Waals surface area contributed by atoms with Crippen LogP contribution in [0.15, 0.2) is 132 Å². The van der Waals surface area contributed by atoms with Crippen LogP contribution in [0.25, 0.3) is 16.8 Å². The molecule has 2 aromatic heterocycles. The highest BCUT2D eigenvalue weighted by Crippen LogP contribution is 2.37. The van der Waals surface area contributed by atoms with E-state index < -0.39 is 50.2 Å². The van der Waals surface area contributed by atoms with Crippen molar-refractivity contribution >= 4 is 45.0 Å². The van der Waals surface area contributed by atoms with E-state index in [0.29, 0.717) is 28.6 Å². The zero-order chi connectivity index (χ0) is 44.2. The number of nitrogens with one attached hydrogen (secondary N) is 2. The van der Waals surface area contributed by atoms with Gasteiger partial charge in [0.05, 0.1) is 34.1 Å². The summed E-state index contributed by atoms with van der Waals surface area (Å²) in [5, 5.41) is 16.7. The van der Waals surface area contributed by atoms with Crippen molar-refractivity contribution in [1.29, 1.82) is 0 Å². The number of carbonyl (C=O) groups is 2. The van der Waals surface area contributed by atoms with Crippen molar-refractivity contribution in [2.45, 2.75) is 22.1 Å². The maximum Gasteiger partial charge on any atom is 0.418 e. The van der Waals surface area contributed by atoms with Gasteiger partial charge in [-0.3, -0.25) is 14.6 Å². The lowest BCUT2D eigenvalue weighted by molar-refractivity contribution is -0.138. The number of aromatic hydroxyl groups is 1. The summed E-state index contributed by atoms with van der Waals surface area (Å²) in [5.41, 5.74) is -1.36. The molecule has 0 atom stereocenters. The van der Waals surface area contributed by atoms with Crippen LogP contribution in [0.1, 0.15) is 31.8 Å². The average Bonchev–Trinajstić information content (AvgIpc) is 3.75. The monoisotopic (exact) mass is 895 g/mol. The number of sulfonamides is 1. The van der Waals surface area contributed by atoms with Crippen LogP contribution < -0.4 is 14.9 Å². The number of aromatic nitrogens is 3. The van der Waals surface area contributed by atoms with Gasteiger partial charge in [0.1, 0.15) is 5.75 Å². The molecule has 3 heterocycles. The topological polar surface area (TPSA) is 150 Å². The predicted octanol–water partition coefficient (Wildman–Crippen LogP) is 7.96. The molecule has 2 amide bonds. The Kier molecular flexibility index (Phi) is 12.5. The molecule has 7 rings (SSSR count). The SMILES string of the molecule is O=C(NS(=O)(=O)c1ccc(NCCSc2ccccc2)c(C(F)(F)F)c1)c1ccc(N2CCN(C(=O)c3cc(-n4cc(-c5cncc(O)c5)cn4)cc(C(F)(F)F)c3)CC2)cc1. The van der Waals surface area contributed by atoms with Crippen molar-refractivity contribution in [1.82, 2.24) is 24.4 Å². The lowest BCUT2D eigenvalue weighted by Gasteiger charge is -2.36. The van der Waals surface area contributed by atoms with Gasteiger partial charge in [0.25, 0.3) is 21.8 Å². The number of pyridine rings is 1. The summed E-state index contributed by atoms with van der Waals surface area (Å²) in [7, 11) is -4.73. The molecule has 0 unspecified atom stereocenters. The molecular formula is C42H35F6N7O5S2. The fourth-order valence-corrected chi connectivity index (χ4v) is 8.38. The minimum Gasteiger partial charge on any atom is -0.506 e. The number of benzene rings is 4. The molecule has 1 fully saturated rings. The highest BCUT2D eigenvalue weighted by Gasteiger charge is 2.36. The Morgan fingerprint density at radius 2 is 1.48 bits per heavy atom. The van der Waals surface area contributed by atoms with E-state index in [0.717, 1.165) is 29.2 Å². The van der Waals surface area contributed by atoms with E-state index in [9.17, 15) is 49.5 Å². The highest BCUT2D eigenvalue weighted by atomic mass is 32.2. The zero-order valence-corrected chi connectivity index (χ0v) is 33.8. The third-order valence-electron chi connectivity index (χ3n) is 9.72. The summed E-state index contributed by atoms with van der Waals surface area (Å²) in [4.78, 5) is 34.0. The maximum absolute atomic E-state index is 14.0. The second kappa shape index (κ2) is 17.8. The number of halogens is 6. The Balaban J connectivity index is 0.972. The number of carbonyl (C=O) groups excluding carboxylic acids is 2. The largest absolute Gasteiger partial charge is 0.506 e. The lowest BCUT2D eigenvalue weighted by Crippen LogP contribution is -2.48. The molecule has 20 heteroatoms. The van der Waals surface area contributed by atoms with E-state index >= 15 is 0 Å². The standard InChI is InChI=1S/C42H35F6N7O5S2/c43-41(44,45)31-18-28(19-33(21-31)55-26-30(24-51-55)29-20-34(56)25-49-23-29)40(58)54-15-13-53(14-16-54)32-8-6-27(7-9-32)39(57)52-62(59,60)36-10-11-38(37(22-36)42(46,47)48)50-12-17-61-35-4-2-1-3-5-35/h1-11,18-26,50,56H,12-17H2,(H,52,57). The van der Waals surface area contributed by atoms with Crippen LogP contribution >= 0.6 is 11.8 Å². The van der Waals surface area contributed by atoms with E-state index in [1.54, 1.807) is 0 Å². The van der Waals surface area contributed by atoms with Gasteiger partial charge in [-0.25, -0.2) is 17.8 Å². The van der Waals surface area contributed by atoms with E-state index in [1.807, 2.05) is 40.0 Å². The minimum absolute atomic E-state index is 0.0144. The third kappa shape index (κ3) is 10.3. The molecule has 1 aliphatic rings. The molecule has 1 saturated heterocycles. The van der Waals surface area contributed by atoms with Crippen LogP contribution in [0.5, 0.6) is 5.75 Å². The van der Waals surface area contributed by atoms with Crippen molar-refractivity contribution in [3.05, 3.63) is 144 Å². The van der Waals surface area contributed by atoms with E-state index in [4.69, 9.17) is 0 Å². The van der Waals surface area contributed by atoms with Crippen LogP contribution in [-0.4, -0.2) is 83.5 Å². The molecule has 62 heavy (non-hydrogen) atoms. The molecule has 1 aliphatic heterocycles. The summed E-state index contributed by atoms with van der Waals surface area (Å²) >= 11 is 1.43. The maximum atomic E-state index is 14.0. The minimum atomic E-state index is -4.90. The molecule has 12 nitrogen and oxygen atoms in total. The van der Waals surface area contributed by atoms with Gasteiger partial charge < -0.3 is 20.2 Å². The van der Waals surface area contributed by atoms with Gasteiger partial charge in [-0.2, -0.15) is 31.4 Å². The van der Waals surface area contributed by atoms with Crippen molar-refractivity contribution < 1.29 is 49.5 Å². The smallest absolute Gasteiger partial charge is 0.418 e. The van der Waals surface area contributed by atoms with Crippen LogP contribution in [0.3, 0.4) is 0 Å². The summed E-state index contributed by atoms with van der Waals surface area (Å²) < 4.78 is 113. The molecule has 0 bridgehead atoms. The van der Waals surface area contributed by atoms with Gasteiger partial charge >= 0.3 is 12.4 Å². The van der Waals surface area contributed by atoms with Crippen molar-refractivity contribution in [2.75, 3.05) is 48.7 Å². The predicted molar refractivity (Wildman–Crippen MR) is 220 cm³/mol. The first-order valence-electron chi connectivity index (χ1n) is 18.7. The van der Waals surface area contributed by atoms with Gasteiger partial charge in [-0.15, -0.1) is 11.8 Å². The highest BCUT2D eigenvalue weighted by molar-refractivity contribution is 7.99. The Morgan fingerprint density at radius 1 is 0.758 bits per heavy atom. The number of hydrogen-bond donors (Lipinski definition) is 3. The number of piperazine rings is 1. The summed E-state index contributed by atoms with van der Waals surface area (Å²) in [6, 6.07) is 21.8. The zero-order valence-electron chi connectivity index (χ0n) is 32.2. The Morgan fingerprint density at radius 3 is 2.16 bits per heavy atom.